The molecule has 0 atom stereocenters. The highest BCUT2D eigenvalue weighted by atomic mass is 16.6. The van der Waals surface area contributed by atoms with E-state index in [1.807, 2.05) is 0 Å². The molecule has 3 heterocycles. The molecule has 0 saturated heterocycles. The minimum Gasteiger partial charge on any atom is -0.459 e. The average Bonchev–Trinajstić information content (AvgIpc) is 1.66. The molecule has 0 saturated carbocycles. The van der Waals surface area contributed by atoms with Gasteiger partial charge < -0.3 is 37.9 Å². The highest BCUT2D eigenvalue weighted by Gasteiger charge is 2.34. The van der Waals surface area contributed by atoms with E-state index in [0.29, 0.717) is 16.7 Å². The molecule has 0 bridgehead atoms. The van der Waals surface area contributed by atoms with Gasteiger partial charge in [-0.2, -0.15) is 0 Å². The summed E-state index contributed by atoms with van der Waals surface area (Å²) in [7, 11) is 0. The SMILES string of the molecule is CC(C)(C)OC(=O)CN(CC(=O)OC(C)(C)C)Cc1ccnc(-c2nc(-c3nccc(CN(CC(=O)OC(C)(C)C)CC(=O)OC(C)(C)C)c3CN(CC(=O)OC(C)(C)C)CC(=O)OC(C)(C)C)n(Cc3cccc([N+](=O)[O-])c3)n2)c1CN(CC(=O)OC(C)(C)C)CC(=O)OC(C)(C)C. The Hall–Kier alpha value is -8.34. The van der Waals surface area contributed by atoms with Gasteiger partial charge in [0.15, 0.2) is 5.82 Å². The lowest BCUT2D eigenvalue weighted by atomic mass is 10.0. The van der Waals surface area contributed by atoms with Crippen molar-refractivity contribution in [2.24, 2.45) is 0 Å². The predicted molar refractivity (Wildman–Crippen MR) is 367 cm³/mol. The van der Waals surface area contributed by atoms with Crippen molar-refractivity contribution in [3.8, 4) is 23.0 Å². The molecule has 0 spiro atoms. The predicted octanol–water partition coefficient (Wildman–Crippen LogP) is 9.30. The molecule has 0 radical (unpaired) electrons. The molecule has 548 valence electrons. The van der Waals surface area contributed by atoms with E-state index in [1.165, 1.54) is 54.9 Å². The molecule has 0 unspecified atom stereocenters. The van der Waals surface area contributed by atoms with Crippen LogP contribution in [0.4, 0.5) is 5.69 Å². The molecule has 3 aromatic heterocycles. The third-order valence-corrected chi connectivity index (χ3v) is 12.6. The molecule has 0 fully saturated rings. The number of nitrogens with zero attached hydrogens (tertiary/aromatic N) is 10. The van der Waals surface area contributed by atoms with Gasteiger partial charge in [0, 0.05) is 61.8 Å². The molecule has 0 aliphatic heterocycles. The Kier molecular flexibility index (Phi) is 28.3. The molecule has 0 amide bonds. The third-order valence-electron chi connectivity index (χ3n) is 12.6. The molecule has 28 nitrogen and oxygen atoms in total. The number of hydrogen-bond acceptors (Lipinski definition) is 26. The summed E-state index contributed by atoms with van der Waals surface area (Å²) >= 11 is 0. The maximum atomic E-state index is 14.0. The van der Waals surface area contributed by atoms with Gasteiger partial charge in [-0.1, -0.05) is 12.1 Å². The molecule has 0 aliphatic carbocycles. The first kappa shape index (κ1) is 83.1. The van der Waals surface area contributed by atoms with Crippen LogP contribution in [0.2, 0.25) is 0 Å². The van der Waals surface area contributed by atoms with Crippen LogP contribution in [0.1, 0.15) is 194 Å². The first-order valence-electron chi connectivity index (χ1n) is 32.8. The van der Waals surface area contributed by atoms with E-state index < -0.39 is 150 Å². The summed E-state index contributed by atoms with van der Waals surface area (Å²) < 4.78 is 47.7. The van der Waals surface area contributed by atoms with Crippen LogP contribution >= 0.6 is 0 Å². The van der Waals surface area contributed by atoms with Crippen molar-refractivity contribution in [3.63, 3.8) is 0 Å². The Labute approximate surface area is 582 Å². The second-order valence-electron chi connectivity index (χ2n) is 32.2. The molecular formula is C71H106N10O18. The largest absolute Gasteiger partial charge is 0.459 e. The van der Waals surface area contributed by atoms with Crippen molar-refractivity contribution < 1.29 is 81.2 Å². The maximum Gasteiger partial charge on any atom is 0.320 e. The van der Waals surface area contributed by atoms with Crippen LogP contribution in [0.3, 0.4) is 0 Å². The van der Waals surface area contributed by atoms with Crippen molar-refractivity contribution >= 4 is 53.4 Å². The van der Waals surface area contributed by atoms with Gasteiger partial charge in [-0.05, 0) is 195 Å². The standard InChI is InChI=1S/C71H106N10O18/c1-64(2,3)92-52(82)38-76(39-53(83)93-65(4,5)6)34-47-28-30-72-60(50(47)36-78(42-56(86)96-68(13,14)15)43-57(87)97-69(16,17)18)62-74-63(80(75-62)33-46-26-25-27-49(32-46)81(90)91)61-51(37-79(44-58(88)98-70(19,20)21)45-59(89)99-71(22,23)24)48(29-31-73-61)35-77(40-54(84)94-66(7,8)9)41-55(85)95-67(10,11)12/h25-32H,33-45H2,1-24H3. The third kappa shape index (κ3) is 32.5. The molecule has 4 rings (SSSR count). The summed E-state index contributed by atoms with van der Waals surface area (Å²) in [4.78, 5) is 144. The number of carbonyl (C=O) groups excluding carboxylic acids is 8. The summed E-state index contributed by atoms with van der Waals surface area (Å²) in [6.07, 6.45) is 2.89. The van der Waals surface area contributed by atoms with Crippen LogP contribution in [0.15, 0.2) is 48.8 Å². The smallest absolute Gasteiger partial charge is 0.320 e. The second kappa shape index (κ2) is 33.7. The summed E-state index contributed by atoms with van der Waals surface area (Å²) in [5.74, 6) is -5.72. The lowest BCUT2D eigenvalue weighted by Gasteiger charge is -2.29. The second-order valence-corrected chi connectivity index (χ2v) is 32.2. The fourth-order valence-corrected chi connectivity index (χ4v) is 9.82. The van der Waals surface area contributed by atoms with Crippen LogP contribution < -0.4 is 0 Å². The number of rotatable bonds is 29. The molecule has 28 heteroatoms. The van der Waals surface area contributed by atoms with Crippen molar-refractivity contribution in [2.75, 3.05) is 52.4 Å². The molecule has 4 aromatic rings. The van der Waals surface area contributed by atoms with Crippen LogP contribution in [-0.2, 0) is 109 Å². The van der Waals surface area contributed by atoms with E-state index in [0.717, 1.165) is 0 Å². The van der Waals surface area contributed by atoms with Crippen LogP contribution in [-0.4, -0.2) is 194 Å². The zero-order chi connectivity index (χ0) is 75.2. The van der Waals surface area contributed by atoms with Gasteiger partial charge in [0.05, 0.1) is 63.8 Å². The number of carbonyl (C=O) groups is 8. The lowest BCUT2D eigenvalue weighted by Crippen LogP contribution is -2.41. The number of esters is 8. The lowest BCUT2D eigenvalue weighted by molar-refractivity contribution is -0.384. The number of nitro groups is 1. The average molecular weight is 1390 g/mol. The Bertz CT molecular complexity index is 3390. The van der Waals surface area contributed by atoms with Gasteiger partial charge in [0.25, 0.3) is 5.69 Å². The minimum absolute atomic E-state index is 0.0253. The van der Waals surface area contributed by atoms with Gasteiger partial charge in [0.2, 0.25) is 5.82 Å². The van der Waals surface area contributed by atoms with Crippen molar-refractivity contribution in [2.45, 2.75) is 244 Å². The minimum atomic E-state index is -0.969. The van der Waals surface area contributed by atoms with E-state index in [1.54, 1.807) is 184 Å². The van der Waals surface area contributed by atoms with Crippen molar-refractivity contribution in [1.82, 2.24) is 44.3 Å². The van der Waals surface area contributed by atoms with E-state index in [4.69, 9.17) is 57.9 Å². The molecule has 1 aromatic carbocycles. The van der Waals surface area contributed by atoms with Crippen LogP contribution in [0, 0.1) is 10.1 Å². The van der Waals surface area contributed by atoms with Gasteiger partial charge in [-0.15, -0.1) is 5.10 Å². The number of aromatic nitrogens is 5. The summed E-state index contributed by atoms with van der Waals surface area (Å²) in [5, 5.41) is 17.5. The number of non-ortho nitro benzene ring substituents is 1. The van der Waals surface area contributed by atoms with Crippen molar-refractivity contribution in [1.29, 1.82) is 0 Å². The fourth-order valence-electron chi connectivity index (χ4n) is 9.82. The fraction of sp³-hybridized carbons (Fsp3) is 0.634. The summed E-state index contributed by atoms with van der Waals surface area (Å²) in [5.41, 5.74) is -6.08. The Morgan fingerprint density at radius 2 is 0.677 bits per heavy atom. The molecule has 99 heavy (non-hydrogen) atoms. The van der Waals surface area contributed by atoms with E-state index in [2.05, 4.69) is 0 Å². The Morgan fingerprint density at radius 3 is 0.960 bits per heavy atom. The quantitative estimate of drug-likeness (QED) is 0.0211. The monoisotopic (exact) mass is 1390 g/mol. The van der Waals surface area contributed by atoms with E-state index in [9.17, 15) is 48.5 Å². The normalized spacial score (nSPS) is 12.7. The zero-order valence-corrected chi connectivity index (χ0v) is 62.6. The topological polar surface area (TPSA) is 323 Å². The number of nitro benzene ring substituents is 1. The number of hydrogen-bond donors (Lipinski definition) is 0. The number of ether oxygens (including phenoxy) is 8. The Morgan fingerprint density at radius 1 is 0.404 bits per heavy atom. The highest BCUT2D eigenvalue weighted by Crippen LogP contribution is 2.33. The van der Waals surface area contributed by atoms with E-state index >= 15 is 0 Å². The van der Waals surface area contributed by atoms with Gasteiger partial charge >= 0.3 is 47.8 Å². The van der Waals surface area contributed by atoms with E-state index in [-0.39, 0.29) is 72.6 Å². The van der Waals surface area contributed by atoms with Gasteiger partial charge in [-0.3, -0.25) is 78.0 Å². The number of benzene rings is 1. The molecular weight excluding hydrogens is 1280 g/mol. The number of pyridine rings is 2. The van der Waals surface area contributed by atoms with Gasteiger partial charge in [-0.25, -0.2) is 9.67 Å². The van der Waals surface area contributed by atoms with Crippen LogP contribution in [0.25, 0.3) is 23.0 Å². The van der Waals surface area contributed by atoms with Gasteiger partial charge in [0.1, 0.15) is 56.2 Å². The summed E-state index contributed by atoms with van der Waals surface area (Å²) in [6, 6.07) is 9.06. The highest BCUT2D eigenvalue weighted by molar-refractivity contribution is 5.78. The van der Waals surface area contributed by atoms with Crippen LogP contribution in [0.5, 0.6) is 0 Å². The van der Waals surface area contributed by atoms with Crippen molar-refractivity contribution in [3.05, 3.63) is 86.7 Å². The summed E-state index contributed by atoms with van der Waals surface area (Å²) in [6.45, 7) is 35.8. The Balaban J connectivity index is 2.29. The maximum absolute atomic E-state index is 14.0. The zero-order valence-electron chi connectivity index (χ0n) is 62.6. The molecule has 0 aliphatic rings. The first-order chi connectivity index (χ1) is 45.0. The first-order valence-corrected chi connectivity index (χ1v) is 32.8. The molecule has 0 N–H and O–H groups in total.